The summed E-state index contributed by atoms with van der Waals surface area (Å²) >= 11 is 1.77. The Balaban J connectivity index is 0.957. The minimum Gasteiger partial charge on any atom is -0.497 e. The van der Waals surface area contributed by atoms with Crippen molar-refractivity contribution in [2.45, 2.75) is 54.5 Å². The molecule has 0 saturated carbocycles. The average Bonchev–Trinajstić information content (AvgIpc) is 3.43. The molecule has 0 spiro atoms. The highest BCUT2D eigenvalue weighted by Crippen LogP contribution is 2.51. The van der Waals surface area contributed by atoms with Crippen LogP contribution >= 0.6 is 11.8 Å². The Bertz CT molecular complexity index is 1760. The van der Waals surface area contributed by atoms with Crippen LogP contribution < -0.4 is 15.0 Å². The molecule has 0 unspecified atom stereocenters. The van der Waals surface area contributed by atoms with E-state index >= 15 is 0 Å². The second kappa shape index (κ2) is 14.1. The molecule has 48 heavy (non-hydrogen) atoms. The van der Waals surface area contributed by atoms with Crippen molar-refractivity contribution in [1.29, 1.82) is 0 Å². The first-order chi connectivity index (χ1) is 23.5. The molecule has 2 amide bonds. The predicted molar refractivity (Wildman–Crippen MR) is 192 cm³/mol. The van der Waals surface area contributed by atoms with Crippen molar-refractivity contribution in [3.63, 3.8) is 0 Å². The number of anilines is 1. The van der Waals surface area contributed by atoms with E-state index in [-0.39, 0.29) is 11.8 Å². The smallest absolute Gasteiger partial charge is 0.254 e. The van der Waals surface area contributed by atoms with Crippen LogP contribution in [0.1, 0.15) is 58.8 Å². The van der Waals surface area contributed by atoms with Gasteiger partial charge in [-0.3, -0.25) is 14.5 Å². The van der Waals surface area contributed by atoms with E-state index in [9.17, 15) is 9.59 Å². The van der Waals surface area contributed by atoms with Crippen molar-refractivity contribution in [3.8, 4) is 5.75 Å². The molecular weight excluding hydrogens is 617 g/mol. The number of hydrogen-bond acceptors (Lipinski definition) is 6. The highest BCUT2D eigenvalue weighted by molar-refractivity contribution is 7.99. The molecule has 1 N–H and O–H groups in total. The molecule has 7 rings (SSSR count). The van der Waals surface area contributed by atoms with Crippen molar-refractivity contribution >= 4 is 29.3 Å². The van der Waals surface area contributed by atoms with E-state index in [0.717, 1.165) is 91.2 Å². The Morgan fingerprint density at radius 1 is 0.875 bits per heavy atom. The third kappa shape index (κ3) is 6.19. The molecule has 0 aliphatic carbocycles. The minimum absolute atomic E-state index is 0.0977. The fourth-order valence-corrected chi connectivity index (χ4v) is 8.87. The number of hydrogen-bond donors (Lipinski definition) is 1. The van der Waals surface area contributed by atoms with E-state index < -0.39 is 5.41 Å². The number of amides is 2. The molecule has 0 radical (unpaired) electrons. The van der Waals surface area contributed by atoms with Crippen LogP contribution in [0.4, 0.5) is 5.69 Å². The van der Waals surface area contributed by atoms with Crippen molar-refractivity contribution in [3.05, 3.63) is 119 Å². The van der Waals surface area contributed by atoms with Crippen LogP contribution in [-0.4, -0.2) is 68.0 Å². The molecule has 0 aromatic heterocycles. The Hall–Kier alpha value is -4.27. The highest BCUT2D eigenvalue weighted by atomic mass is 32.2. The molecule has 248 valence electrons. The molecule has 0 bridgehead atoms. The number of fused-ring (bicyclic) bond motifs is 3. The van der Waals surface area contributed by atoms with E-state index in [0.29, 0.717) is 19.6 Å². The Labute approximate surface area is 288 Å². The summed E-state index contributed by atoms with van der Waals surface area (Å²) in [5, 5.41) is 3.19. The van der Waals surface area contributed by atoms with Gasteiger partial charge in [-0.15, -0.1) is 0 Å². The van der Waals surface area contributed by atoms with Crippen molar-refractivity contribution in [2.24, 2.45) is 0 Å². The first-order valence-electron chi connectivity index (χ1n) is 17.2. The normalized spacial score (nSPS) is 16.7. The summed E-state index contributed by atoms with van der Waals surface area (Å²) in [5.41, 5.74) is 5.69. The molecule has 3 heterocycles. The predicted octanol–water partition coefficient (Wildman–Crippen LogP) is 6.73. The van der Waals surface area contributed by atoms with Crippen LogP contribution in [0.5, 0.6) is 5.75 Å². The van der Waals surface area contributed by atoms with Gasteiger partial charge in [0.2, 0.25) is 5.91 Å². The summed E-state index contributed by atoms with van der Waals surface area (Å²) in [6.07, 6.45) is 2.78. The first-order valence-corrected chi connectivity index (χ1v) is 18.0. The fourth-order valence-electron chi connectivity index (χ4n) is 7.64. The molecule has 1 fully saturated rings. The van der Waals surface area contributed by atoms with Crippen LogP contribution in [0.2, 0.25) is 0 Å². The topological polar surface area (TPSA) is 65.1 Å². The van der Waals surface area contributed by atoms with Gasteiger partial charge in [-0.2, -0.15) is 0 Å². The second-order valence-electron chi connectivity index (χ2n) is 13.0. The zero-order chi connectivity index (χ0) is 33.1. The number of ether oxygens (including phenoxy) is 1. The monoisotopic (exact) mass is 660 g/mol. The van der Waals surface area contributed by atoms with Gasteiger partial charge in [0.15, 0.2) is 0 Å². The lowest BCUT2D eigenvalue weighted by atomic mass is 9.69. The molecule has 4 aromatic carbocycles. The number of benzene rings is 4. The molecule has 8 heteroatoms. The van der Waals surface area contributed by atoms with E-state index in [4.69, 9.17) is 4.74 Å². The highest BCUT2D eigenvalue weighted by Gasteiger charge is 2.46. The molecule has 3 aliphatic rings. The van der Waals surface area contributed by atoms with Gasteiger partial charge < -0.3 is 19.9 Å². The summed E-state index contributed by atoms with van der Waals surface area (Å²) in [4.78, 5) is 36.6. The third-order valence-corrected chi connectivity index (χ3v) is 11.3. The van der Waals surface area contributed by atoms with E-state index in [1.165, 1.54) is 9.79 Å². The number of nitrogens with one attached hydrogen (secondary N) is 1. The maximum Gasteiger partial charge on any atom is 0.254 e. The lowest BCUT2D eigenvalue weighted by Crippen LogP contribution is -2.47. The molecule has 4 aromatic rings. The molecule has 3 aliphatic heterocycles. The van der Waals surface area contributed by atoms with Crippen molar-refractivity contribution in [1.82, 2.24) is 15.1 Å². The van der Waals surface area contributed by atoms with Crippen LogP contribution in [0.3, 0.4) is 0 Å². The van der Waals surface area contributed by atoms with Gasteiger partial charge in [0.25, 0.3) is 5.91 Å². The minimum atomic E-state index is -0.679. The third-order valence-electron chi connectivity index (χ3n) is 10.1. The first kappa shape index (κ1) is 32.3. The molecule has 1 saturated heterocycles. The Morgan fingerprint density at radius 3 is 2.31 bits per heavy atom. The van der Waals surface area contributed by atoms with Gasteiger partial charge in [0.05, 0.1) is 7.11 Å². The molecular formula is C40H44N4O3S. The Kier molecular flexibility index (Phi) is 9.46. The summed E-state index contributed by atoms with van der Waals surface area (Å²) in [6.45, 7) is 8.66. The maximum atomic E-state index is 14.0. The van der Waals surface area contributed by atoms with Gasteiger partial charge in [0.1, 0.15) is 11.2 Å². The van der Waals surface area contributed by atoms with Gasteiger partial charge in [-0.1, -0.05) is 72.8 Å². The standard InChI is InChI=1S/C40H44N4O3S/c1-3-41-39(46)40(34-13-4-6-15-36(34)48-37-16-7-5-14-35(37)40)19-8-9-20-42-21-23-43(24-22-42)31-18-17-30-28-44(38(45)33(30)26-31)27-29-11-10-12-32(25-29)47-2/h4-7,10-18,25-26H,3,8-9,19-24,27-28H2,1-2H3,(H,41,46). The summed E-state index contributed by atoms with van der Waals surface area (Å²) < 4.78 is 5.37. The van der Waals surface area contributed by atoms with Crippen LogP contribution in [0.15, 0.2) is 101 Å². The van der Waals surface area contributed by atoms with Gasteiger partial charge >= 0.3 is 0 Å². The number of likely N-dealkylation sites (N-methyl/N-ethyl adjacent to an activating group) is 1. The lowest BCUT2D eigenvalue weighted by molar-refractivity contribution is -0.125. The van der Waals surface area contributed by atoms with Crippen LogP contribution in [-0.2, 0) is 23.3 Å². The SMILES string of the molecule is CCNC(=O)C1(CCCCN2CCN(c3ccc4c(c3)C(=O)N(Cc3cccc(OC)c3)C4)CC2)c2ccccc2Sc2ccccc21. The van der Waals surface area contributed by atoms with E-state index in [1.807, 2.05) is 36.1 Å². The quantitative estimate of drug-likeness (QED) is 0.180. The average molecular weight is 661 g/mol. The summed E-state index contributed by atoms with van der Waals surface area (Å²) in [5.74, 6) is 1.01. The van der Waals surface area contributed by atoms with Gasteiger partial charge in [-0.25, -0.2) is 0 Å². The van der Waals surface area contributed by atoms with E-state index in [2.05, 4.69) is 81.8 Å². The zero-order valence-corrected chi connectivity index (χ0v) is 28.7. The summed E-state index contributed by atoms with van der Waals surface area (Å²) in [6, 6.07) is 31.2. The summed E-state index contributed by atoms with van der Waals surface area (Å²) in [7, 11) is 1.66. The van der Waals surface area contributed by atoms with E-state index in [1.54, 1.807) is 18.9 Å². The maximum absolute atomic E-state index is 14.0. The number of unbranched alkanes of at least 4 members (excludes halogenated alkanes) is 1. The fraction of sp³-hybridized carbons (Fsp3) is 0.350. The van der Waals surface area contributed by atoms with Crippen LogP contribution in [0, 0.1) is 0 Å². The van der Waals surface area contributed by atoms with Crippen molar-refractivity contribution < 1.29 is 14.3 Å². The Morgan fingerprint density at radius 2 is 1.60 bits per heavy atom. The van der Waals surface area contributed by atoms with Crippen molar-refractivity contribution in [2.75, 3.05) is 51.3 Å². The number of carbonyl (C=O) groups excluding carboxylic acids is 2. The number of nitrogens with zero attached hydrogens (tertiary/aromatic N) is 3. The largest absolute Gasteiger partial charge is 0.497 e. The lowest BCUT2D eigenvalue weighted by Gasteiger charge is -2.40. The number of rotatable bonds is 11. The van der Waals surface area contributed by atoms with Gasteiger partial charge in [0, 0.05) is 66.9 Å². The number of methoxy groups -OCH3 is 1. The number of piperazine rings is 1. The zero-order valence-electron chi connectivity index (χ0n) is 27.9. The van der Waals surface area contributed by atoms with Crippen LogP contribution in [0.25, 0.3) is 0 Å². The molecule has 7 nitrogen and oxygen atoms in total. The molecule has 0 atom stereocenters. The van der Waals surface area contributed by atoms with Gasteiger partial charge in [-0.05, 0) is 85.0 Å². The number of carbonyl (C=O) groups is 2. The second-order valence-corrected chi connectivity index (χ2v) is 14.1.